The zero-order valence-electron chi connectivity index (χ0n) is 12.1. The predicted octanol–water partition coefficient (Wildman–Crippen LogP) is 1.00. The standard InChI is InChI=1S/C14H21N3O3S/c1-2-14(18)16-12-3-5-13(6-4-12)21(19,20)17-8-7-11(9-15)10-17/h3-6,11H,2,7-10,15H2,1H3,(H,16,18). The SMILES string of the molecule is CCC(=O)Nc1ccc(S(=O)(=O)N2CCC(CN)C2)cc1. The third-order valence-electron chi connectivity index (χ3n) is 3.68. The Morgan fingerprint density at radius 1 is 1.38 bits per heavy atom. The van der Waals surface area contributed by atoms with Gasteiger partial charge in [-0.2, -0.15) is 4.31 Å². The average molecular weight is 311 g/mol. The highest BCUT2D eigenvalue weighted by molar-refractivity contribution is 7.89. The zero-order valence-corrected chi connectivity index (χ0v) is 12.9. The molecule has 3 N–H and O–H groups in total. The van der Waals surface area contributed by atoms with E-state index in [1.807, 2.05) is 0 Å². The minimum Gasteiger partial charge on any atom is -0.330 e. The van der Waals surface area contributed by atoms with Crippen molar-refractivity contribution in [2.24, 2.45) is 11.7 Å². The number of carbonyl (C=O) groups is 1. The van der Waals surface area contributed by atoms with Crippen molar-refractivity contribution in [1.29, 1.82) is 0 Å². The van der Waals surface area contributed by atoms with Crippen LogP contribution in [-0.2, 0) is 14.8 Å². The van der Waals surface area contributed by atoms with E-state index in [1.54, 1.807) is 19.1 Å². The first-order chi connectivity index (χ1) is 9.97. The molecule has 0 bridgehead atoms. The van der Waals surface area contributed by atoms with Crippen molar-refractivity contribution in [3.05, 3.63) is 24.3 Å². The van der Waals surface area contributed by atoms with Gasteiger partial charge in [-0.25, -0.2) is 8.42 Å². The molecule has 1 unspecified atom stereocenters. The lowest BCUT2D eigenvalue weighted by atomic mass is 10.1. The first kappa shape index (κ1) is 15.9. The van der Waals surface area contributed by atoms with E-state index >= 15 is 0 Å². The van der Waals surface area contributed by atoms with Crippen LogP contribution in [0.5, 0.6) is 0 Å². The summed E-state index contributed by atoms with van der Waals surface area (Å²) in [4.78, 5) is 11.5. The maximum absolute atomic E-state index is 12.5. The number of hydrogen-bond donors (Lipinski definition) is 2. The van der Waals surface area contributed by atoms with Crippen LogP contribution in [0.2, 0.25) is 0 Å². The molecule has 1 aromatic carbocycles. The van der Waals surface area contributed by atoms with Gasteiger partial charge < -0.3 is 11.1 Å². The summed E-state index contributed by atoms with van der Waals surface area (Å²) in [5.74, 6) is 0.138. The molecular formula is C14H21N3O3S. The smallest absolute Gasteiger partial charge is 0.243 e. The quantitative estimate of drug-likeness (QED) is 0.848. The lowest BCUT2D eigenvalue weighted by Crippen LogP contribution is -2.30. The summed E-state index contributed by atoms with van der Waals surface area (Å²) in [6.07, 6.45) is 1.19. The number of hydrogen-bond acceptors (Lipinski definition) is 4. The van der Waals surface area contributed by atoms with Gasteiger partial charge in [0.05, 0.1) is 4.90 Å². The molecule has 6 nitrogen and oxygen atoms in total. The van der Waals surface area contributed by atoms with Crippen molar-refractivity contribution < 1.29 is 13.2 Å². The van der Waals surface area contributed by atoms with Gasteiger partial charge in [0.25, 0.3) is 0 Å². The first-order valence-electron chi connectivity index (χ1n) is 7.07. The minimum absolute atomic E-state index is 0.101. The zero-order chi connectivity index (χ0) is 15.5. The number of carbonyl (C=O) groups excluding carboxylic acids is 1. The summed E-state index contributed by atoms with van der Waals surface area (Å²) in [5.41, 5.74) is 6.19. The fourth-order valence-corrected chi connectivity index (χ4v) is 3.85. The predicted molar refractivity (Wildman–Crippen MR) is 81.3 cm³/mol. The molecule has 21 heavy (non-hydrogen) atoms. The molecule has 116 valence electrons. The highest BCUT2D eigenvalue weighted by Crippen LogP contribution is 2.24. The first-order valence-corrected chi connectivity index (χ1v) is 8.51. The molecule has 1 amide bonds. The molecule has 7 heteroatoms. The van der Waals surface area contributed by atoms with Gasteiger partial charge in [0.2, 0.25) is 15.9 Å². The molecule has 1 aliphatic rings. The number of rotatable bonds is 5. The number of nitrogens with zero attached hydrogens (tertiary/aromatic N) is 1. The number of benzene rings is 1. The van der Waals surface area contributed by atoms with E-state index in [-0.39, 0.29) is 16.7 Å². The van der Waals surface area contributed by atoms with Crippen LogP contribution >= 0.6 is 0 Å². The Bertz CT molecular complexity index is 598. The molecular weight excluding hydrogens is 290 g/mol. The van der Waals surface area contributed by atoms with E-state index in [9.17, 15) is 13.2 Å². The Balaban J connectivity index is 2.12. The summed E-state index contributed by atoms with van der Waals surface area (Å²) < 4.78 is 26.4. The Morgan fingerprint density at radius 2 is 2.05 bits per heavy atom. The van der Waals surface area contributed by atoms with Crippen LogP contribution in [0.25, 0.3) is 0 Å². The largest absolute Gasteiger partial charge is 0.330 e. The van der Waals surface area contributed by atoms with Crippen LogP contribution in [0.15, 0.2) is 29.2 Å². The number of sulfonamides is 1. The van der Waals surface area contributed by atoms with Crippen LogP contribution in [-0.4, -0.2) is 38.3 Å². The van der Waals surface area contributed by atoms with Gasteiger partial charge >= 0.3 is 0 Å². The fourth-order valence-electron chi connectivity index (χ4n) is 2.32. The molecule has 1 atom stereocenters. The lowest BCUT2D eigenvalue weighted by Gasteiger charge is -2.16. The van der Waals surface area contributed by atoms with Crippen LogP contribution in [0, 0.1) is 5.92 Å². The summed E-state index contributed by atoms with van der Waals surface area (Å²) >= 11 is 0. The van der Waals surface area contributed by atoms with Gasteiger partial charge in [-0.05, 0) is 43.1 Å². The number of nitrogens with two attached hydrogens (primary N) is 1. The Kier molecular flexibility index (Phi) is 4.97. The van der Waals surface area contributed by atoms with E-state index < -0.39 is 10.0 Å². The van der Waals surface area contributed by atoms with E-state index in [4.69, 9.17) is 5.73 Å². The molecule has 1 aliphatic heterocycles. The molecule has 0 aliphatic carbocycles. The molecule has 1 aromatic rings. The van der Waals surface area contributed by atoms with Crippen molar-refractivity contribution in [3.8, 4) is 0 Å². The monoisotopic (exact) mass is 311 g/mol. The molecule has 0 spiro atoms. The third kappa shape index (κ3) is 3.61. The minimum atomic E-state index is -3.47. The fraction of sp³-hybridized carbons (Fsp3) is 0.500. The van der Waals surface area contributed by atoms with E-state index in [1.165, 1.54) is 16.4 Å². The van der Waals surface area contributed by atoms with Crippen molar-refractivity contribution in [3.63, 3.8) is 0 Å². The normalized spacial score (nSPS) is 19.6. The summed E-state index contributed by atoms with van der Waals surface area (Å²) in [5, 5.41) is 2.69. The molecule has 1 heterocycles. The lowest BCUT2D eigenvalue weighted by molar-refractivity contribution is -0.115. The van der Waals surface area contributed by atoms with Crippen molar-refractivity contribution >= 4 is 21.6 Å². The van der Waals surface area contributed by atoms with Crippen LogP contribution in [0.4, 0.5) is 5.69 Å². The average Bonchev–Trinajstić information content (AvgIpc) is 2.97. The second kappa shape index (κ2) is 6.55. The Hall–Kier alpha value is -1.44. The molecule has 0 aromatic heterocycles. The van der Waals surface area contributed by atoms with Crippen molar-refractivity contribution in [1.82, 2.24) is 4.31 Å². The number of nitrogens with one attached hydrogen (secondary N) is 1. The van der Waals surface area contributed by atoms with Crippen LogP contribution < -0.4 is 11.1 Å². The van der Waals surface area contributed by atoms with Gasteiger partial charge in [-0.15, -0.1) is 0 Å². The molecule has 1 saturated heterocycles. The Labute approximate surface area is 125 Å². The summed E-state index contributed by atoms with van der Waals surface area (Å²) in [6.45, 7) is 3.26. The van der Waals surface area contributed by atoms with Gasteiger partial charge in [0.15, 0.2) is 0 Å². The second-order valence-corrected chi connectivity index (χ2v) is 7.12. The molecule has 2 rings (SSSR count). The van der Waals surface area contributed by atoms with Gasteiger partial charge in [-0.3, -0.25) is 4.79 Å². The number of anilines is 1. The maximum atomic E-state index is 12.5. The molecule has 1 fully saturated rings. The summed E-state index contributed by atoms with van der Waals surface area (Å²) in [7, 11) is -3.47. The van der Waals surface area contributed by atoms with Crippen molar-refractivity contribution in [2.45, 2.75) is 24.7 Å². The van der Waals surface area contributed by atoms with E-state index in [0.29, 0.717) is 31.7 Å². The van der Waals surface area contributed by atoms with E-state index in [0.717, 1.165) is 6.42 Å². The topological polar surface area (TPSA) is 92.5 Å². The second-order valence-electron chi connectivity index (χ2n) is 5.18. The van der Waals surface area contributed by atoms with Gasteiger partial charge in [-0.1, -0.05) is 6.92 Å². The summed E-state index contributed by atoms with van der Waals surface area (Å²) in [6, 6.07) is 6.26. The number of amides is 1. The van der Waals surface area contributed by atoms with E-state index in [2.05, 4.69) is 5.32 Å². The van der Waals surface area contributed by atoms with Crippen LogP contribution in [0.1, 0.15) is 19.8 Å². The van der Waals surface area contributed by atoms with Gasteiger partial charge in [0, 0.05) is 25.2 Å². The molecule has 0 saturated carbocycles. The maximum Gasteiger partial charge on any atom is 0.243 e. The highest BCUT2D eigenvalue weighted by atomic mass is 32.2. The highest BCUT2D eigenvalue weighted by Gasteiger charge is 2.31. The molecule has 0 radical (unpaired) electrons. The third-order valence-corrected chi connectivity index (χ3v) is 5.56. The van der Waals surface area contributed by atoms with Crippen LogP contribution in [0.3, 0.4) is 0 Å². The van der Waals surface area contributed by atoms with Gasteiger partial charge in [0.1, 0.15) is 0 Å². The van der Waals surface area contributed by atoms with Crippen molar-refractivity contribution in [2.75, 3.05) is 25.0 Å². The Morgan fingerprint density at radius 3 is 2.57 bits per heavy atom.